The van der Waals surface area contributed by atoms with Crippen LogP contribution in [0, 0.1) is 17.2 Å². The lowest BCUT2D eigenvalue weighted by atomic mass is 9.73. The number of hydrogen-bond donors (Lipinski definition) is 0. The summed E-state index contributed by atoms with van der Waals surface area (Å²) < 4.78 is 5.32. The number of nitriles is 1. The number of amides is 1. The Morgan fingerprint density at radius 2 is 2.11 bits per heavy atom. The average molecular weight is 250 g/mol. The highest BCUT2D eigenvalue weighted by molar-refractivity contribution is 5.99. The molecule has 1 atom stereocenters. The maximum atomic E-state index is 12.1. The number of hydrogen-bond acceptors (Lipinski definition) is 4. The minimum absolute atomic E-state index is 0.109. The minimum atomic E-state index is -0.747. The molecule has 1 amide bonds. The van der Waals surface area contributed by atoms with Crippen molar-refractivity contribution in [2.45, 2.75) is 51.2 Å². The van der Waals surface area contributed by atoms with Gasteiger partial charge in [0.15, 0.2) is 5.78 Å². The van der Waals surface area contributed by atoms with E-state index < -0.39 is 23.2 Å². The van der Waals surface area contributed by atoms with Crippen LogP contribution in [0.15, 0.2) is 0 Å². The molecule has 0 aromatic carbocycles. The molecule has 5 heteroatoms. The van der Waals surface area contributed by atoms with Gasteiger partial charge in [-0.15, -0.1) is 0 Å². The van der Waals surface area contributed by atoms with Crippen molar-refractivity contribution in [1.29, 1.82) is 5.26 Å². The summed E-state index contributed by atoms with van der Waals surface area (Å²) in [7, 11) is 0. The molecule has 1 aliphatic heterocycles. The van der Waals surface area contributed by atoms with Gasteiger partial charge in [-0.2, -0.15) is 5.26 Å². The zero-order valence-electron chi connectivity index (χ0n) is 11.0. The Labute approximate surface area is 107 Å². The second-order valence-corrected chi connectivity index (χ2v) is 6.02. The Kier molecular flexibility index (Phi) is 2.84. The highest BCUT2D eigenvalue weighted by atomic mass is 16.6. The van der Waals surface area contributed by atoms with Crippen LogP contribution in [-0.2, 0) is 9.53 Å². The molecule has 5 nitrogen and oxygen atoms in total. The lowest BCUT2D eigenvalue weighted by Gasteiger charge is -2.43. The van der Waals surface area contributed by atoms with Crippen LogP contribution in [0.1, 0.15) is 40.0 Å². The van der Waals surface area contributed by atoms with Gasteiger partial charge in [0.1, 0.15) is 17.1 Å². The molecule has 2 rings (SSSR count). The van der Waals surface area contributed by atoms with Gasteiger partial charge < -0.3 is 4.74 Å². The second-order valence-electron chi connectivity index (χ2n) is 6.02. The van der Waals surface area contributed by atoms with Crippen molar-refractivity contribution >= 4 is 11.9 Å². The number of carbonyl (C=O) groups is 2. The summed E-state index contributed by atoms with van der Waals surface area (Å²) in [6.45, 7) is 5.54. The standard InChI is InChI=1S/C13H18N2O3/c1-12(2,3)18-11(17)15-8-9(7-14)10(16)13(15)5-4-6-13/h9H,4-6,8H2,1-3H3/t9-/m1/s1. The topological polar surface area (TPSA) is 70.4 Å². The molecule has 98 valence electrons. The second kappa shape index (κ2) is 3.98. The Bertz CT molecular complexity index is 426. The van der Waals surface area contributed by atoms with Gasteiger partial charge in [0.05, 0.1) is 6.07 Å². The lowest BCUT2D eigenvalue weighted by Crippen LogP contribution is -2.56. The zero-order valence-corrected chi connectivity index (χ0v) is 11.0. The molecule has 1 spiro atoms. The van der Waals surface area contributed by atoms with Crippen molar-refractivity contribution < 1.29 is 14.3 Å². The van der Waals surface area contributed by atoms with Crippen LogP contribution in [0.3, 0.4) is 0 Å². The third-order valence-corrected chi connectivity index (χ3v) is 3.61. The molecule has 0 radical (unpaired) electrons. The van der Waals surface area contributed by atoms with Crippen molar-refractivity contribution in [2.24, 2.45) is 5.92 Å². The number of rotatable bonds is 0. The Morgan fingerprint density at radius 3 is 2.50 bits per heavy atom. The largest absolute Gasteiger partial charge is 0.444 e. The highest BCUT2D eigenvalue weighted by Crippen LogP contribution is 2.45. The van der Waals surface area contributed by atoms with Gasteiger partial charge in [0.25, 0.3) is 0 Å². The number of nitrogens with zero attached hydrogens (tertiary/aromatic N) is 2. The molecule has 0 bridgehead atoms. The van der Waals surface area contributed by atoms with Crippen LogP contribution in [0.2, 0.25) is 0 Å². The predicted molar refractivity (Wildman–Crippen MR) is 63.6 cm³/mol. The van der Waals surface area contributed by atoms with E-state index in [0.717, 1.165) is 6.42 Å². The molecule has 0 aromatic heterocycles. The van der Waals surface area contributed by atoms with E-state index in [9.17, 15) is 9.59 Å². The van der Waals surface area contributed by atoms with Gasteiger partial charge in [-0.05, 0) is 40.0 Å². The Hall–Kier alpha value is -1.57. The Morgan fingerprint density at radius 1 is 1.50 bits per heavy atom. The first-order valence-corrected chi connectivity index (χ1v) is 6.25. The van der Waals surface area contributed by atoms with Crippen molar-refractivity contribution in [2.75, 3.05) is 6.54 Å². The third-order valence-electron chi connectivity index (χ3n) is 3.61. The lowest BCUT2D eigenvalue weighted by molar-refractivity contribution is -0.130. The molecule has 1 saturated heterocycles. The fraction of sp³-hybridized carbons (Fsp3) is 0.769. The summed E-state index contributed by atoms with van der Waals surface area (Å²) in [6.07, 6.45) is 1.75. The first kappa shape index (κ1) is 12.9. The summed E-state index contributed by atoms with van der Waals surface area (Å²) in [5.41, 5.74) is -1.33. The van der Waals surface area contributed by atoms with Crippen molar-refractivity contribution in [3.05, 3.63) is 0 Å². The van der Waals surface area contributed by atoms with Crippen LogP contribution in [-0.4, -0.2) is 34.5 Å². The van der Waals surface area contributed by atoms with Crippen LogP contribution in [0.5, 0.6) is 0 Å². The first-order chi connectivity index (χ1) is 8.30. The van der Waals surface area contributed by atoms with E-state index >= 15 is 0 Å². The maximum absolute atomic E-state index is 12.1. The molecule has 2 fully saturated rings. The predicted octanol–water partition coefficient (Wildman–Crippen LogP) is 1.87. The number of ether oxygens (including phenoxy) is 1. The Balaban J connectivity index is 2.20. The van der Waals surface area contributed by atoms with Crippen LogP contribution in [0.25, 0.3) is 0 Å². The monoisotopic (exact) mass is 250 g/mol. The van der Waals surface area contributed by atoms with Crippen molar-refractivity contribution in [3.63, 3.8) is 0 Å². The molecule has 1 saturated carbocycles. The van der Waals surface area contributed by atoms with Gasteiger partial charge in [-0.25, -0.2) is 4.79 Å². The van der Waals surface area contributed by atoms with Crippen LogP contribution >= 0.6 is 0 Å². The fourth-order valence-corrected chi connectivity index (χ4v) is 2.59. The van der Waals surface area contributed by atoms with Gasteiger partial charge >= 0.3 is 6.09 Å². The molecule has 1 aliphatic carbocycles. The molecule has 0 N–H and O–H groups in total. The number of likely N-dealkylation sites (tertiary alicyclic amines) is 1. The number of Topliss-reactive ketones (excluding diaryl/α,β-unsaturated/α-hetero) is 1. The molecule has 18 heavy (non-hydrogen) atoms. The summed E-state index contributed by atoms with van der Waals surface area (Å²) in [5.74, 6) is -0.806. The van der Waals surface area contributed by atoms with Crippen LogP contribution in [0.4, 0.5) is 4.79 Å². The van der Waals surface area contributed by atoms with E-state index in [1.807, 2.05) is 6.07 Å². The normalized spacial score (nSPS) is 25.8. The highest BCUT2D eigenvalue weighted by Gasteiger charge is 2.59. The van der Waals surface area contributed by atoms with Gasteiger partial charge in [-0.3, -0.25) is 9.69 Å². The van der Waals surface area contributed by atoms with E-state index in [0.29, 0.717) is 12.8 Å². The number of carbonyl (C=O) groups excluding carboxylic acids is 2. The van der Waals surface area contributed by atoms with E-state index in [4.69, 9.17) is 10.00 Å². The third kappa shape index (κ3) is 1.86. The smallest absolute Gasteiger partial charge is 0.411 e. The molecule has 0 unspecified atom stereocenters. The van der Waals surface area contributed by atoms with E-state index in [1.165, 1.54) is 4.90 Å². The van der Waals surface area contributed by atoms with E-state index in [1.54, 1.807) is 20.8 Å². The van der Waals surface area contributed by atoms with E-state index in [-0.39, 0.29) is 12.3 Å². The zero-order chi connectivity index (χ0) is 13.6. The first-order valence-electron chi connectivity index (χ1n) is 6.25. The molecular formula is C13H18N2O3. The molecule has 1 heterocycles. The molecular weight excluding hydrogens is 232 g/mol. The maximum Gasteiger partial charge on any atom is 0.411 e. The van der Waals surface area contributed by atoms with Gasteiger partial charge in [0, 0.05) is 6.54 Å². The molecule has 0 aromatic rings. The van der Waals surface area contributed by atoms with Gasteiger partial charge in [0.2, 0.25) is 0 Å². The SMILES string of the molecule is CC(C)(C)OC(=O)N1C[C@@H](C#N)C(=O)C12CCC2. The van der Waals surface area contributed by atoms with Gasteiger partial charge in [-0.1, -0.05) is 0 Å². The molecule has 2 aliphatic rings. The van der Waals surface area contributed by atoms with Crippen LogP contribution < -0.4 is 0 Å². The minimum Gasteiger partial charge on any atom is -0.444 e. The quantitative estimate of drug-likeness (QED) is 0.658. The summed E-state index contributed by atoms with van der Waals surface area (Å²) >= 11 is 0. The number of ketones is 1. The fourth-order valence-electron chi connectivity index (χ4n) is 2.59. The van der Waals surface area contributed by atoms with E-state index in [2.05, 4.69) is 0 Å². The van der Waals surface area contributed by atoms with Crippen molar-refractivity contribution in [1.82, 2.24) is 4.90 Å². The summed E-state index contributed by atoms with van der Waals surface area (Å²) in [6, 6.07) is 1.99. The summed E-state index contributed by atoms with van der Waals surface area (Å²) in [4.78, 5) is 25.7. The summed E-state index contributed by atoms with van der Waals surface area (Å²) in [5, 5.41) is 8.97. The van der Waals surface area contributed by atoms with Crippen molar-refractivity contribution in [3.8, 4) is 6.07 Å². The average Bonchev–Trinajstić information content (AvgIpc) is 2.48.